The van der Waals surface area contributed by atoms with Crippen LogP contribution in [-0.2, 0) is 9.53 Å². The highest BCUT2D eigenvalue weighted by atomic mass is 16.5. The van der Waals surface area contributed by atoms with E-state index < -0.39 is 6.04 Å². The third kappa shape index (κ3) is 3.15. The van der Waals surface area contributed by atoms with E-state index in [9.17, 15) is 4.79 Å². The van der Waals surface area contributed by atoms with Crippen molar-refractivity contribution in [1.29, 1.82) is 0 Å². The van der Waals surface area contributed by atoms with Crippen molar-refractivity contribution in [2.45, 2.75) is 31.5 Å². The van der Waals surface area contributed by atoms with Gasteiger partial charge in [-0.25, -0.2) is 0 Å². The summed E-state index contributed by atoms with van der Waals surface area (Å²) in [7, 11) is 0. The molecule has 0 bridgehead atoms. The van der Waals surface area contributed by atoms with Crippen molar-refractivity contribution in [3.05, 3.63) is 30.1 Å². The number of hydrogen-bond acceptors (Lipinski definition) is 5. The summed E-state index contributed by atoms with van der Waals surface area (Å²) in [5.74, 6) is -0.381. The molecule has 1 fully saturated rings. The highest BCUT2D eigenvalue weighted by Crippen LogP contribution is 2.27. The summed E-state index contributed by atoms with van der Waals surface area (Å²) in [5.41, 5.74) is 12.6. The highest BCUT2D eigenvalue weighted by molar-refractivity contribution is 5.80. The molecule has 1 amide bonds. The summed E-state index contributed by atoms with van der Waals surface area (Å²) in [4.78, 5) is 18.1. The Hall–Kier alpha value is -1.50. The molecular weight excluding hydrogens is 256 g/mol. The maximum atomic E-state index is 11.7. The number of primary amides is 1. The number of aromatic nitrogens is 1. The van der Waals surface area contributed by atoms with E-state index in [1.807, 2.05) is 30.0 Å². The van der Waals surface area contributed by atoms with E-state index in [4.69, 9.17) is 16.2 Å². The standard InChI is InChI=1S/C14H22N4O2/c1-2-10(15)13(11-5-3-4-6-17-11)18-7-8-20-9-12(18)14(16)19/h3-6,10,12-13H,2,7-9,15H2,1H3,(H2,16,19). The lowest BCUT2D eigenvalue weighted by Crippen LogP contribution is -2.56. The number of nitrogens with zero attached hydrogens (tertiary/aromatic N) is 2. The molecule has 0 aromatic carbocycles. The van der Waals surface area contributed by atoms with Gasteiger partial charge in [0.2, 0.25) is 5.91 Å². The lowest BCUT2D eigenvalue weighted by atomic mass is 9.98. The summed E-state index contributed by atoms with van der Waals surface area (Å²) in [6.07, 6.45) is 2.54. The number of carbonyl (C=O) groups excluding carboxylic acids is 1. The normalized spacial score (nSPS) is 23.2. The lowest BCUT2D eigenvalue weighted by molar-refractivity contribution is -0.132. The van der Waals surface area contributed by atoms with Crippen LogP contribution in [0.1, 0.15) is 25.1 Å². The summed E-state index contributed by atoms with van der Waals surface area (Å²) in [5, 5.41) is 0. The molecule has 1 aromatic rings. The SMILES string of the molecule is CCC(N)C(c1ccccn1)N1CCOCC1C(N)=O. The molecular formula is C14H22N4O2. The molecule has 6 nitrogen and oxygen atoms in total. The Morgan fingerprint density at radius 1 is 1.60 bits per heavy atom. The molecule has 0 aliphatic carbocycles. The van der Waals surface area contributed by atoms with Crippen LogP contribution >= 0.6 is 0 Å². The largest absolute Gasteiger partial charge is 0.378 e. The van der Waals surface area contributed by atoms with E-state index in [0.717, 1.165) is 12.1 Å². The van der Waals surface area contributed by atoms with Gasteiger partial charge in [-0.1, -0.05) is 13.0 Å². The van der Waals surface area contributed by atoms with Gasteiger partial charge >= 0.3 is 0 Å². The first-order valence-electron chi connectivity index (χ1n) is 6.94. The van der Waals surface area contributed by atoms with E-state index in [0.29, 0.717) is 19.8 Å². The Labute approximate surface area is 119 Å². The molecule has 1 aromatic heterocycles. The number of hydrogen-bond donors (Lipinski definition) is 2. The van der Waals surface area contributed by atoms with E-state index in [1.165, 1.54) is 0 Å². The average molecular weight is 278 g/mol. The second-order valence-corrected chi connectivity index (χ2v) is 5.00. The average Bonchev–Trinajstić information content (AvgIpc) is 2.48. The Bertz CT molecular complexity index is 440. The number of pyridine rings is 1. The second kappa shape index (κ2) is 6.78. The molecule has 0 radical (unpaired) electrons. The molecule has 1 saturated heterocycles. The van der Waals surface area contributed by atoms with Crippen LogP contribution < -0.4 is 11.5 Å². The molecule has 3 unspecified atom stereocenters. The smallest absolute Gasteiger partial charge is 0.237 e. The van der Waals surface area contributed by atoms with Crippen molar-refractivity contribution in [2.24, 2.45) is 11.5 Å². The van der Waals surface area contributed by atoms with Crippen LogP contribution in [0, 0.1) is 0 Å². The van der Waals surface area contributed by atoms with Crippen LogP contribution in [0.5, 0.6) is 0 Å². The van der Waals surface area contributed by atoms with Crippen LogP contribution in [0.3, 0.4) is 0 Å². The van der Waals surface area contributed by atoms with Crippen LogP contribution in [0.2, 0.25) is 0 Å². The third-order valence-corrected chi connectivity index (χ3v) is 3.72. The topological polar surface area (TPSA) is 94.5 Å². The van der Waals surface area contributed by atoms with Gasteiger partial charge < -0.3 is 16.2 Å². The fourth-order valence-electron chi connectivity index (χ4n) is 2.60. The molecule has 0 saturated carbocycles. The number of morpholine rings is 1. The van der Waals surface area contributed by atoms with Crippen LogP contribution in [-0.4, -0.2) is 47.6 Å². The molecule has 110 valence electrons. The summed E-state index contributed by atoms with van der Waals surface area (Å²) in [6.45, 7) is 3.54. The summed E-state index contributed by atoms with van der Waals surface area (Å²) in [6, 6.07) is 5.05. The number of rotatable bonds is 5. The third-order valence-electron chi connectivity index (χ3n) is 3.72. The van der Waals surface area contributed by atoms with Gasteiger partial charge in [0.05, 0.1) is 24.9 Å². The summed E-state index contributed by atoms with van der Waals surface area (Å²) >= 11 is 0. The van der Waals surface area contributed by atoms with E-state index >= 15 is 0 Å². The highest BCUT2D eigenvalue weighted by Gasteiger charge is 2.36. The predicted octanol–water partition coefficient (Wildman–Crippen LogP) is 0.0461. The van der Waals surface area contributed by atoms with Gasteiger partial charge in [-0.05, 0) is 18.6 Å². The lowest BCUT2D eigenvalue weighted by Gasteiger charge is -2.41. The molecule has 2 rings (SSSR count). The number of carbonyl (C=O) groups is 1. The minimum atomic E-state index is -0.451. The van der Waals surface area contributed by atoms with Gasteiger partial charge in [0.25, 0.3) is 0 Å². The Morgan fingerprint density at radius 2 is 2.40 bits per heavy atom. The Kier molecular flexibility index (Phi) is 5.05. The molecule has 2 heterocycles. The van der Waals surface area contributed by atoms with Crippen LogP contribution in [0.4, 0.5) is 0 Å². The minimum Gasteiger partial charge on any atom is -0.378 e. The maximum absolute atomic E-state index is 11.7. The zero-order valence-corrected chi connectivity index (χ0v) is 11.7. The Morgan fingerprint density at radius 3 is 3.00 bits per heavy atom. The summed E-state index contributed by atoms with van der Waals surface area (Å²) < 4.78 is 5.37. The molecule has 20 heavy (non-hydrogen) atoms. The van der Waals surface area contributed by atoms with Crippen molar-refractivity contribution >= 4 is 5.91 Å². The fourth-order valence-corrected chi connectivity index (χ4v) is 2.60. The van der Waals surface area contributed by atoms with Gasteiger partial charge in [0, 0.05) is 18.8 Å². The molecule has 0 spiro atoms. The van der Waals surface area contributed by atoms with Crippen molar-refractivity contribution < 1.29 is 9.53 Å². The zero-order chi connectivity index (χ0) is 14.5. The molecule has 4 N–H and O–H groups in total. The molecule has 1 aliphatic heterocycles. The maximum Gasteiger partial charge on any atom is 0.237 e. The quantitative estimate of drug-likeness (QED) is 0.793. The minimum absolute atomic E-state index is 0.107. The van der Waals surface area contributed by atoms with E-state index in [1.54, 1.807) is 6.20 Å². The predicted molar refractivity (Wildman–Crippen MR) is 75.8 cm³/mol. The van der Waals surface area contributed by atoms with Crippen molar-refractivity contribution in [3.8, 4) is 0 Å². The second-order valence-electron chi connectivity index (χ2n) is 5.00. The molecule has 1 aliphatic rings. The van der Waals surface area contributed by atoms with Crippen LogP contribution in [0.15, 0.2) is 24.4 Å². The Balaban J connectivity index is 2.32. The number of ether oxygens (including phenoxy) is 1. The van der Waals surface area contributed by atoms with Crippen molar-refractivity contribution in [2.75, 3.05) is 19.8 Å². The first-order chi connectivity index (χ1) is 9.65. The number of nitrogens with two attached hydrogens (primary N) is 2. The van der Waals surface area contributed by atoms with E-state index in [2.05, 4.69) is 4.98 Å². The van der Waals surface area contributed by atoms with Gasteiger partial charge in [-0.2, -0.15) is 0 Å². The monoisotopic (exact) mass is 278 g/mol. The van der Waals surface area contributed by atoms with Gasteiger partial charge in [-0.3, -0.25) is 14.7 Å². The van der Waals surface area contributed by atoms with Gasteiger partial charge in [0.1, 0.15) is 6.04 Å². The van der Waals surface area contributed by atoms with Crippen molar-refractivity contribution in [1.82, 2.24) is 9.88 Å². The van der Waals surface area contributed by atoms with Crippen LogP contribution in [0.25, 0.3) is 0 Å². The zero-order valence-electron chi connectivity index (χ0n) is 11.7. The van der Waals surface area contributed by atoms with E-state index in [-0.39, 0.29) is 18.0 Å². The fraction of sp³-hybridized carbons (Fsp3) is 0.571. The molecule has 3 atom stereocenters. The van der Waals surface area contributed by atoms with Gasteiger partial charge in [-0.15, -0.1) is 0 Å². The number of amides is 1. The van der Waals surface area contributed by atoms with Crippen molar-refractivity contribution in [3.63, 3.8) is 0 Å². The van der Waals surface area contributed by atoms with Gasteiger partial charge in [0.15, 0.2) is 0 Å². The first-order valence-corrected chi connectivity index (χ1v) is 6.94. The molecule has 6 heteroatoms. The first kappa shape index (κ1) is 14.9.